The predicted molar refractivity (Wildman–Crippen MR) is 128 cm³/mol. The number of carboxylic acids is 1. The molecule has 31 heavy (non-hydrogen) atoms. The van der Waals surface area contributed by atoms with Gasteiger partial charge in [-0.05, 0) is 48.6 Å². The van der Waals surface area contributed by atoms with Gasteiger partial charge in [0.15, 0.2) is 0 Å². The van der Waals surface area contributed by atoms with Gasteiger partial charge in [0.2, 0.25) is 0 Å². The summed E-state index contributed by atoms with van der Waals surface area (Å²) in [5, 5.41) is 9.57. The number of benzene rings is 2. The maximum atomic E-state index is 12.9. The van der Waals surface area contributed by atoms with Gasteiger partial charge in [0.25, 0.3) is 5.91 Å². The average Bonchev–Trinajstić information content (AvgIpc) is 2.99. The summed E-state index contributed by atoms with van der Waals surface area (Å²) >= 11 is 6.45. The summed E-state index contributed by atoms with van der Waals surface area (Å²) in [6, 6.07) is 14.6. The van der Waals surface area contributed by atoms with Crippen molar-refractivity contribution in [3.63, 3.8) is 0 Å². The van der Waals surface area contributed by atoms with Crippen molar-refractivity contribution >= 4 is 46.3 Å². The van der Waals surface area contributed by atoms with Crippen LogP contribution < -0.4 is 4.74 Å². The number of aliphatic carboxylic acids is 1. The van der Waals surface area contributed by atoms with Crippen molar-refractivity contribution in [1.82, 2.24) is 4.90 Å². The number of aryl methyl sites for hydroxylation is 1. The Kier molecular flexibility index (Phi) is 7.51. The highest BCUT2D eigenvalue weighted by Crippen LogP contribution is 2.35. The minimum Gasteiger partial charge on any atom is -0.489 e. The van der Waals surface area contributed by atoms with E-state index in [4.69, 9.17) is 17.0 Å². The van der Waals surface area contributed by atoms with E-state index in [9.17, 15) is 14.7 Å². The van der Waals surface area contributed by atoms with Crippen LogP contribution in [0.15, 0.2) is 53.4 Å². The summed E-state index contributed by atoms with van der Waals surface area (Å²) in [6.07, 6.45) is 2.08. The first-order valence-corrected chi connectivity index (χ1v) is 11.3. The van der Waals surface area contributed by atoms with Gasteiger partial charge in [0, 0.05) is 0 Å². The Morgan fingerprint density at radius 2 is 1.81 bits per heavy atom. The Balaban J connectivity index is 1.68. The smallest absolute Gasteiger partial charge is 0.326 e. The van der Waals surface area contributed by atoms with E-state index in [1.165, 1.54) is 10.5 Å². The maximum absolute atomic E-state index is 12.9. The fourth-order valence-corrected chi connectivity index (χ4v) is 4.53. The van der Waals surface area contributed by atoms with Crippen LogP contribution in [0, 0.1) is 12.8 Å². The lowest BCUT2D eigenvalue weighted by molar-refractivity contribution is -0.145. The minimum absolute atomic E-state index is 0.127. The van der Waals surface area contributed by atoms with E-state index >= 15 is 0 Å². The van der Waals surface area contributed by atoms with Gasteiger partial charge in [-0.2, -0.15) is 0 Å². The molecule has 1 amide bonds. The molecule has 1 unspecified atom stereocenters. The fraction of sp³-hybridized carbons (Fsp3) is 0.292. The molecule has 1 atom stereocenters. The SMILES string of the molecule is Cc1ccc(COc2ccc(C=C3SC(=S)N(C(CC(C)C)C(=O)O)C3=O)cc2)cc1. The van der Waals surface area contributed by atoms with Crippen LogP contribution in [0.25, 0.3) is 6.08 Å². The number of rotatable bonds is 8. The van der Waals surface area contributed by atoms with Gasteiger partial charge in [-0.3, -0.25) is 9.69 Å². The van der Waals surface area contributed by atoms with Gasteiger partial charge < -0.3 is 9.84 Å². The standard InChI is InChI=1S/C24H25NO4S2/c1-15(2)12-20(23(27)28)25-22(26)21(31-24(25)30)13-17-8-10-19(11-9-17)29-14-18-6-4-16(3)5-7-18/h4-11,13,15,20H,12,14H2,1-3H3,(H,27,28). The van der Waals surface area contributed by atoms with E-state index in [1.807, 2.05) is 69.3 Å². The first-order valence-electron chi connectivity index (χ1n) is 10.0. The molecule has 2 aromatic carbocycles. The van der Waals surface area contributed by atoms with Crippen LogP contribution in [-0.4, -0.2) is 32.2 Å². The third kappa shape index (κ3) is 5.95. The molecule has 1 saturated heterocycles. The topological polar surface area (TPSA) is 66.8 Å². The largest absolute Gasteiger partial charge is 0.489 e. The number of hydrogen-bond acceptors (Lipinski definition) is 5. The van der Waals surface area contributed by atoms with Crippen molar-refractivity contribution in [3.05, 3.63) is 70.1 Å². The molecule has 1 N–H and O–H groups in total. The average molecular weight is 456 g/mol. The molecule has 0 aliphatic carbocycles. The van der Waals surface area contributed by atoms with E-state index < -0.39 is 12.0 Å². The summed E-state index contributed by atoms with van der Waals surface area (Å²) in [5.74, 6) is -0.542. The maximum Gasteiger partial charge on any atom is 0.326 e. The highest BCUT2D eigenvalue weighted by molar-refractivity contribution is 8.26. The van der Waals surface area contributed by atoms with Crippen molar-refractivity contribution in [3.8, 4) is 5.75 Å². The lowest BCUT2D eigenvalue weighted by Crippen LogP contribution is -2.44. The number of amides is 1. The molecule has 1 heterocycles. The van der Waals surface area contributed by atoms with Gasteiger partial charge in [-0.25, -0.2) is 4.79 Å². The van der Waals surface area contributed by atoms with Crippen LogP contribution in [0.4, 0.5) is 0 Å². The highest BCUT2D eigenvalue weighted by Gasteiger charge is 2.40. The van der Waals surface area contributed by atoms with Crippen molar-refractivity contribution in [2.45, 2.75) is 39.8 Å². The molecule has 1 fully saturated rings. The van der Waals surface area contributed by atoms with Crippen molar-refractivity contribution in [2.75, 3.05) is 0 Å². The molecule has 2 aromatic rings. The van der Waals surface area contributed by atoms with E-state index in [0.29, 0.717) is 17.9 Å². The first kappa shape index (κ1) is 23.0. The fourth-order valence-electron chi connectivity index (χ4n) is 3.17. The number of carbonyl (C=O) groups is 2. The zero-order valence-electron chi connectivity index (χ0n) is 17.7. The monoisotopic (exact) mass is 455 g/mol. The first-order chi connectivity index (χ1) is 14.7. The normalized spacial score (nSPS) is 16.3. The van der Waals surface area contributed by atoms with Gasteiger partial charge >= 0.3 is 5.97 Å². The molecule has 0 aromatic heterocycles. The van der Waals surface area contributed by atoms with Crippen LogP contribution in [-0.2, 0) is 16.2 Å². The molecular weight excluding hydrogens is 430 g/mol. The Morgan fingerprint density at radius 3 is 2.39 bits per heavy atom. The Morgan fingerprint density at radius 1 is 1.16 bits per heavy atom. The predicted octanol–water partition coefficient (Wildman–Crippen LogP) is 5.27. The van der Waals surface area contributed by atoms with Crippen LogP contribution in [0.5, 0.6) is 5.75 Å². The third-order valence-electron chi connectivity index (χ3n) is 4.82. The van der Waals surface area contributed by atoms with Gasteiger partial charge in [-0.1, -0.05) is 79.8 Å². The van der Waals surface area contributed by atoms with E-state index in [0.717, 1.165) is 28.6 Å². The van der Waals surface area contributed by atoms with E-state index in [-0.39, 0.29) is 16.1 Å². The molecule has 1 aliphatic heterocycles. The molecular formula is C24H25NO4S2. The number of carboxylic acid groups (broad SMARTS) is 1. The summed E-state index contributed by atoms with van der Waals surface area (Å²) in [6.45, 7) is 6.37. The molecule has 162 valence electrons. The number of hydrogen-bond donors (Lipinski definition) is 1. The zero-order valence-corrected chi connectivity index (χ0v) is 19.3. The van der Waals surface area contributed by atoms with Crippen LogP contribution >= 0.6 is 24.0 Å². The minimum atomic E-state index is -1.04. The van der Waals surface area contributed by atoms with Gasteiger partial charge in [0.05, 0.1) is 4.91 Å². The second kappa shape index (κ2) is 10.1. The lowest BCUT2D eigenvalue weighted by atomic mass is 10.0. The van der Waals surface area contributed by atoms with Crippen molar-refractivity contribution in [2.24, 2.45) is 5.92 Å². The second-order valence-electron chi connectivity index (χ2n) is 7.88. The van der Waals surface area contributed by atoms with Gasteiger partial charge in [-0.15, -0.1) is 0 Å². The summed E-state index contributed by atoms with van der Waals surface area (Å²) in [7, 11) is 0. The number of thiocarbonyl (C=S) groups is 1. The van der Waals surface area contributed by atoms with E-state index in [1.54, 1.807) is 6.08 Å². The number of nitrogens with zero attached hydrogens (tertiary/aromatic N) is 1. The van der Waals surface area contributed by atoms with Crippen LogP contribution in [0.2, 0.25) is 0 Å². The molecule has 7 heteroatoms. The van der Waals surface area contributed by atoms with E-state index in [2.05, 4.69) is 0 Å². The third-order valence-corrected chi connectivity index (χ3v) is 6.15. The highest BCUT2D eigenvalue weighted by atomic mass is 32.2. The van der Waals surface area contributed by atoms with Crippen LogP contribution in [0.1, 0.15) is 37.0 Å². The molecule has 5 nitrogen and oxygen atoms in total. The number of ether oxygens (including phenoxy) is 1. The summed E-state index contributed by atoms with van der Waals surface area (Å²) in [5.41, 5.74) is 3.11. The molecule has 0 saturated carbocycles. The Bertz CT molecular complexity index is 997. The van der Waals surface area contributed by atoms with Crippen LogP contribution in [0.3, 0.4) is 0 Å². The quantitative estimate of drug-likeness (QED) is 0.432. The molecule has 0 spiro atoms. The molecule has 3 rings (SSSR count). The Labute approximate surface area is 192 Å². The molecule has 0 bridgehead atoms. The zero-order chi connectivity index (χ0) is 22.5. The number of carbonyl (C=O) groups excluding carboxylic acids is 1. The lowest BCUT2D eigenvalue weighted by Gasteiger charge is -2.24. The molecule has 1 aliphatic rings. The second-order valence-corrected chi connectivity index (χ2v) is 9.55. The Hall–Kier alpha value is -2.64. The van der Waals surface area contributed by atoms with Crippen molar-refractivity contribution < 1.29 is 19.4 Å². The summed E-state index contributed by atoms with van der Waals surface area (Å²) in [4.78, 5) is 26.2. The number of thioether (sulfide) groups is 1. The van der Waals surface area contributed by atoms with Crippen molar-refractivity contribution in [1.29, 1.82) is 0 Å². The molecule has 0 radical (unpaired) electrons. The summed E-state index contributed by atoms with van der Waals surface area (Å²) < 4.78 is 6.10. The van der Waals surface area contributed by atoms with Gasteiger partial charge in [0.1, 0.15) is 22.7 Å².